The normalized spacial score (nSPS) is 11.8. The maximum Gasteiger partial charge on any atom is 0.408 e. The quantitative estimate of drug-likeness (QED) is 0.295. The molecule has 1 heterocycles. The predicted octanol–water partition coefficient (Wildman–Crippen LogP) is 3.58. The number of imidazole rings is 1. The second-order valence-electron chi connectivity index (χ2n) is 10.1. The van der Waals surface area contributed by atoms with Crippen LogP contribution in [-0.2, 0) is 42.3 Å². The number of carbonyl (C=O) groups is 4. The van der Waals surface area contributed by atoms with Crippen LogP contribution in [0.15, 0.2) is 73.2 Å². The topological polar surface area (TPSA) is 131 Å². The van der Waals surface area contributed by atoms with Crippen LogP contribution in [0.4, 0.5) is 4.79 Å². The standard InChI is InChI=1S/C30H36N4O6/c1-30(2,23-12-8-5-9-13-23)17-25(35)19-34(15-14-27(36)39-3)28(37)26(16-24-18-31-21-32-24)33-29(38)40-20-22-10-6-4-7-11-22/h4-13,18,21,26H,14-17,19-20H2,1-3H3,(H,31,32)(H,33,38). The van der Waals surface area contributed by atoms with Crippen LogP contribution in [0, 0.1) is 0 Å². The van der Waals surface area contributed by atoms with Gasteiger partial charge in [0, 0.05) is 31.3 Å². The van der Waals surface area contributed by atoms with Crippen molar-refractivity contribution < 1.29 is 28.7 Å². The van der Waals surface area contributed by atoms with E-state index >= 15 is 0 Å². The Labute approximate surface area is 234 Å². The number of rotatable bonds is 14. The van der Waals surface area contributed by atoms with Crippen molar-refractivity contribution in [2.24, 2.45) is 0 Å². The summed E-state index contributed by atoms with van der Waals surface area (Å²) in [7, 11) is 1.26. The summed E-state index contributed by atoms with van der Waals surface area (Å²) in [6.07, 6.45) is 2.38. The Balaban J connectivity index is 1.75. The van der Waals surface area contributed by atoms with Crippen LogP contribution in [0.3, 0.4) is 0 Å². The van der Waals surface area contributed by atoms with Crippen molar-refractivity contribution in [2.75, 3.05) is 20.2 Å². The van der Waals surface area contributed by atoms with Gasteiger partial charge in [0.1, 0.15) is 12.6 Å². The number of ether oxygens (including phenoxy) is 2. The number of aromatic amines is 1. The molecule has 0 saturated heterocycles. The molecule has 0 radical (unpaired) electrons. The number of hydrogen-bond acceptors (Lipinski definition) is 7. The molecule has 40 heavy (non-hydrogen) atoms. The first kappa shape index (κ1) is 30.1. The molecule has 1 aromatic heterocycles. The van der Waals surface area contributed by atoms with Crippen LogP contribution in [0.1, 0.15) is 43.5 Å². The molecule has 2 amide bonds. The van der Waals surface area contributed by atoms with Gasteiger partial charge in [-0.15, -0.1) is 0 Å². The van der Waals surface area contributed by atoms with Crippen molar-refractivity contribution >= 4 is 23.8 Å². The van der Waals surface area contributed by atoms with Crippen LogP contribution in [-0.4, -0.2) is 64.9 Å². The minimum atomic E-state index is -1.07. The minimum absolute atomic E-state index is 0.0246. The Kier molecular flexibility index (Phi) is 11.0. The number of nitrogens with zero attached hydrogens (tertiary/aromatic N) is 2. The average molecular weight is 549 g/mol. The SMILES string of the molecule is COC(=O)CCN(CC(=O)CC(C)(C)c1ccccc1)C(=O)C(Cc1cnc[nH]1)NC(=O)OCc1ccccc1. The molecule has 0 spiro atoms. The zero-order valence-electron chi connectivity index (χ0n) is 23.1. The summed E-state index contributed by atoms with van der Waals surface area (Å²) < 4.78 is 10.1. The van der Waals surface area contributed by atoms with Gasteiger partial charge in [-0.3, -0.25) is 14.4 Å². The van der Waals surface area contributed by atoms with E-state index in [2.05, 4.69) is 15.3 Å². The van der Waals surface area contributed by atoms with Gasteiger partial charge in [0.25, 0.3) is 0 Å². The van der Waals surface area contributed by atoms with Crippen LogP contribution in [0.5, 0.6) is 0 Å². The number of Topliss-reactive ketones (excluding diaryl/α,β-unsaturated/α-hetero) is 1. The fourth-order valence-electron chi connectivity index (χ4n) is 4.29. The number of nitrogens with one attached hydrogen (secondary N) is 2. The first-order valence-corrected chi connectivity index (χ1v) is 13.0. The molecule has 10 nitrogen and oxygen atoms in total. The molecule has 212 valence electrons. The molecule has 0 bridgehead atoms. The summed E-state index contributed by atoms with van der Waals surface area (Å²) in [6.45, 7) is 3.67. The Morgan fingerprint density at radius 1 is 1.02 bits per heavy atom. The van der Waals surface area contributed by atoms with Gasteiger partial charge >= 0.3 is 12.1 Å². The third-order valence-corrected chi connectivity index (χ3v) is 6.47. The molecule has 0 fully saturated rings. The number of alkyl carbamates (subject to hydrolysis) is 1. The van der Waals surface area contributed by atoms with Gasteiger partial charge in [0.2, 0.25) is 5.91 Å². The van der Waals surface area contributed by atoms with Crippen LogP contribution < -0.4 is 5.32 Å². The van der Waals surface area contributed by atoms with Crippen molar-refractivity contribution in [3.8, 4) is 0 Å². The van der Waals surface area contributed by atoms with E-state index in [1.165, 1.54) is 18.3 Å². The summed E-state index contributed by atoms with van der Waals surface area (Å²) in [6, 6.07) is 17.7. The van der Waals surface area contributed by atoms with Gasteiger partial charge in [-0.2, -0.15) is 0 Å². The van der Waals surface area contributed by atoms with Gasteiger partial charge < -0.3 is 24.7 Å². The number of amides is 2. The fourth-order valence-corrected chi connectivity index (χ4v) is 4.29. The van der Waals surface area contributed by atoms with Gasteiger partial charge in [0.05, 0.1) is 26.4 Å². The van der Waals surface area contributed by atoms with E-state index in [0.717, 1.165) is 11.1 Å². The number of benzene rings is 2. The zero-order valence-corrected chi connectivity index (χ0v) is 23.1. The van der Waals surface area contributed by atoms with E-state index < -0.39 is 29.4 Å². The predicted molar refractivity (Wildman–Crippen MR) is 148 cm³/mol. The number of methoxy groups -OCH3 is 1. The number of aromatic nitrogens is 2. The molecule has 10 heteroatoms. The van der Waals surface area contributed by atoms with Crippen molar-refractivity contribution in [3.63, 3.8) is 0 Å². The van der Waals surface area contributed by atoms with Gasteiger partial charge in [-0.25, -0.2) is 9.78 Å². The molecule has 3 rings (SSSR count). The molecular weight excluding hydrogens is 512 g/mol. The lowest BCUT2D eigenvalue weighted by molar-refractivity contribution is -0.143. The van der Waals surface area contributed by atoms with Crippen molar-refractivity contribution in [1.29, 1.82) is 0 Å². The number of esters is 1. The highest BCUT2D eigenvalue weighted by molar-refractivity contribution is 5.91. The highest BCUT2D eigenvalue weighted by Crippen LogP contribution is 2.27. The molecule has 3 aromatic rings. The highest BCUT2D eigenvalue weighted by atomic mass is 16.5. The minimum Gasteiger partial charge on any atom is -0.469 e. The van der Waals surface area contributed by atoms with Gasteiger partial charge in [-0.1, -0.05) is 74.5 Å². The van der Waals surface area contributed by atoms with Crippen molar-refractivity contribution in [3.05, 3.63) is 90.0 Å². The van der Waals surface area contributed by atoms with E-state index in [4.69, 9.17) is 9.47 Å². The molecule has 0 aliphatic rings. The molecular formula is C30H36N4O6. The maximum absolute atomic E-state index is 13.8. The number of carbonyl (C=O) groups excluding carboxylic acids is 4. The smallest absolute Gasteiger partial charge is 0.408 e. The Morgan fingerprint density at radius 3 is 2.33 bits per heavy atom. The molecule has 2 N–H and O–H groups in total. The van der Waals surface area contributed by atoms with E-state index in [1.807, 2.05) is 74.5 Å². The molecule has 1 atom stereocenters. The molecule has 2 aromatic carbocycles. The lowest BCUT2D eigenvalue weighted by atomic mass is 9.80. The second-order valence-corrected chi connectivity index (χ2v) is 10.1. The van der Waals surface area contributed by atoms with Crippen molar-refractivity contribution in [2.45, 2.75) is 51.2 Å². The number of H-pyrrole nitrogens is 1. The largest absolute Gasteiger partial charge is 0.469 e. The van der Waals surface area contributed by atoms with E-state index in [9.17, 15) is 19.2 Å². The summed E-state index contributed by atoms with van der Waals surface area (Å²) in [5.74, 6) is -1.23. The third kappa shape index (κ3) is 9.37. The molecule has 0 aliphatic heterocycles. The maximum atomic E-state index is 13.8. The van der Waals surface area contributed by atoms with Crippen LogP contribution >= 0.6 is 0 Å². The monoisotopic (exact) mass is 548 g/mol. The van der Waals surface area contributed by atoms with Gasteiger partial charge in [0.15, 0.2) is 5.78 Å². The van der Waals surface area contributed by atoms with Crippen LogP contribution in [0.2, 0.25) is 0 Å². The lowest BCUT2D eigenvalue weighted by Gasteiger charge is -2.29. The first-order valence-electron chi connectivity index (χ1n) is 13.0. The third-order valence-electron chi connectivity index (χ3n) is 6.47. The van der Waals surface area contributed by atoms with Gasteiger partial charge in [-0.05, 0) is 16.5 Å². The zero-order chi connectivity index (χ0) is 29.0. The Hall–Kier alpha value is -4.47. The lowest BCUT2D eigenvalue weighted by Crippen LogP contribution is -2.51. The molecule has 0 aliphatic carbocycles. The summed E-state index contributed by atoms with van der Waals surface area (Å²) in [4.78, 5) is 59.8. The van der Waals surface area contributed by atoms with E-state index in [-0.39, 0.29) is 44.7 Å². The summed E-state index contributed by atoms with van der Waals surface area (Å²) in [5.41, 5.74) is 1.92. The first-order chi connectivity index (χ1) is 19.2. The number of hydrogen-bond donors (Lipinski definition) is 2. The summed E-state index contributed by atoms with van der Waals surface area (Å²) >= 11 is 0. The van der Waals surface area contributed by atoms with E-state index in [1.54, 1.807) is 6.20 Å². The average Bonchev–Trinajstić information content (AvgIpc) is 3.47. The molecule has 1 unspecified atom stereocenters. The Morgan fingerprint density at radius 2 is 1.70 bits per heavy atom. The Bertz CT molecular complexity index is 1250. The number of ketones is 1. The van der Waals surface area contributed by atoms with Crippen molar-refractivity contribution in [1.82, 2.24) is 20.2 Å². The summed E-state index contributed by atoms with van der Waals surface area (Å²) in [5, 5.41) is 2.63. The fraction of sp³-hybridized carbons (Fsp3) is 0.367. The van der Waals surface area contributed by atoms with E-state index in [0.29, 0.717) is 5.69 Å². The van der Waals surface area contributed by atoms with Crippen LogP contribution in [0.25, 0.3) is 0 Å². The highest BCUT2D eigenvalue weighted by Gasteiger charge is 2.31. The molecule has 0 saturated carbocycles. The second kappa shape index (κ2) is 14.6.